The van der Waals surface area contributed by atoms with Crippen molar-refractivity contribution in [2.45, 2.75) is 13.8 Å². The summed E-state index contributed by atoms with van der Waals surface area (Å²) < 4.78 is 7.79. The van der Waals surface area contributed by atoms with Crippen molar-refractivity contribution in [3.05, 3.63) is 99.8 Å². The standard InChI is InChI=1S/C25H20BrN3O3/c1-16-8-9-17(2)21(14-16)29-24(19-10-12-20(26)13-11-19)27-23(28-29)25(31)32-15-22(30)18-6-4-3-5-7-18/h3-14H,15H2,1-2H3. The van der Waals surface area contributed by atoms with Gasteiger partial charge in [-0.1, -0.05) is 70.5 Å². The molecule has 0 aliphatic heterocycles. The Morgan fingerprint density at radius 3 is 2.41 bits per heavy atom. The Hall–Kier alpha value is -3.58. The second kappa shape index (κ2) is 9.28. The molecule has 0 saturated carbocycles. The van der Waals surface area contributed by atoms with Gasteiger partial charge in [0.15, 0.2) is 18.2 Å². The van der Waals surface area contributed by atoms with E-state index in [0.29, 0.717) is 11.4 Å². The molecule has 0 aliphatic carbocycles. The molecule has 3 aromatic carbocycles. The van der Waals surface area contributed by atoms with Crippen molar-refractivity contribution >= 4 is 27.7 Å². The number of carbonyl (C=O) groups is 2. The largest absolute Gasteiger partial charge is 0.451 e. The van der Waals surface area contributed by atoms with E-state index in [4.69, 9.17) is 4.74 Å². The van der Waals surface area contributed by atoms with Crippen LogP contribution in [0.4, 0.5) is 0 Å². The third-order valence-electron chi connectivity index (χ3n) is 4.92. The number of hydrogen-bond donors (Lipinski definition) is 0. The Balaban J connectivity index is 1.67. The SMILES string of the molecule is Cc1ccc(C)c(-n2nc(C(=O)OCC(=O)c3ccccc3)nc2-c2ccc(Br)cc2)c1. The van der Waals surface area contributed by atoms with Crippen LogP contribution < -0.4 is 0 Å². The number of aryl methyl sites for hydroxylation is 2. The number of halogens is 1. The van der Waals surface area contributed by atoms with Crippen LogP contribution in [0, 0.1) is 13.8 Å². The molecule has 160 valence electrons. The van der Waals surface area contributed by atoms with Gasteiger partial charge in [-0.25, -0.2) is 14.5 Å². The van der Waals surface area contributed by atoms with E-state index in [0.717, 1.165) is 26.9 Å². The lowest BCUT2D eigenvalue weighted by Crippen LogP contribution is -2.15. The molecule has 1 heterocycles. The molecular formula is C25H20BrN3O3. The van der Waals surface area contributed by atoms with Crippen LogP contribution in [-0.2, 0) is 4.74 Å². The molecule has 0 spiro atoms. The van der Waals surface area contributed by atoms with Gasteiger partial charge in [0.1, 0.15) is 0 Å². The fraction of sp³-hybridized carbons (Fsp3) is 0.120. The molecule has 6 nitrogen and oxygen atoms in total. The van der Waals surface area contributed by atoms with Gasteiger partial charge in [0.05, 0.1) is 5.69 Å². The minimum Gasteiger partial charge on any atom is -0.451 e. The molecule has 0 N–H and O–H groups in total. The van der Waals surface area contributed by atoms with Gasteiger partial charge in [0.2, 0.25) is 0 Å². The lowest BCUT2D eigenvalue weighted by Gasteiger charge is -2.10. The van der Waals surface area contributed by atoms with Gasteiger partial charge in [-0.05, 0) is 43.2 Å². The first-order chi connectivity index (χ1) is 15.4. The summed E-state index contributed by atoms with van der Waals surface area (Å²) in [6.45, 7) is 3.58. The van der Waals surface area contributed by atoms with E-state index < -0.39 is 5.97 Å². The van der Waals surface area contributed by atoms with E-state index in [1.54, 1.807) is 28.9 Å². The zero-order chi connectivity index (χ0) is 22.7. The predicted octanol–water partition coefficient (Wildman–Crippen LogP) is 5.35. The van der Waals surface area contributed by atoms with Crippen molar-refractivity contribution in [2.75, 3.05) is 6.61 Å². The summed E-state index contributed by atoms with van der Waals surface area (Å²) in [6, 6.07) is 22.3. The number of hydrogen-bond acceptors (Lipinski definition) is 5. The Labute approximate surface area is 194 Å². The number of Topliss-reactive ketones (excluding diaryl/α,β-unsaturated/α-hetero) is 1. The summed E-state index contributed by atoms with van der Waals surface area (Å²) in [5.74, 6) is -0.644. The first-order valence-electron chi connectivity index (χ1n) is 9.98. The van der Waals surface area contributed by atoms with E-state index in [2.05, 4.69) is 26.0 Å². The average molecular weight is 490 g/mol. The quantitative estimate of drug-likeness (QED) is 0.269. The number of carbonyl (C=O) groups excluding carboxylic acids is 2. The van der Waals surface area contributed by atoms with Crippen molar-refractivity contribution in [3.63, 3.8) is 0 Å². The predicted molar refractivity (Wildman–Crippen MR) is 125 cm³/mol. The van der Waals surface area contributed by atoms with Gasteiger partial charge in [0.25, 0.3) is 5.82 Å². The third kappa shape index (κ3) is 4.68. The van der Waals surface area contributed by atoms with Crippen LogP contribution in [0.15, 0.2) is 77.3 Å². The summed E-state index contributed by atoms with van der Waals surface area (Å²) in [7, 11) is 0. The van der Waals surface area contributed by atoms with Gasteiger partial charge < -0.3 is 4.74 Å². The Morgan fingerprint density at radius 2 is 1.69 bits per heavy atom. The zero-order valence-electron chi connectivity index (χ0n) is 17.6. The molecule has 0 unspecified atom stereocenters. The topological polar surface area (TPSA) is 74.1 Å². The fourth-order valence-electron chi connectivity index (χ4n) is 3.20. The van der Waals surface area contributed by atoms with Crippen molar-refractivity contribution in [2.24, 2.45) is 0 Å². The first kappa shape index (κ1) is 21.6. The van der Waals surface area contributed by atoms with Crippen LogP contribution >= 0.6 is 15.9 Å². The van der Waals surface area contributed by atoms with Crippen molar-refractivity contribution < 1.29 is 14.3 Å². The Bertz CT molecular complexity index is 1280. The zero-order valence-corrected chi connectivity index (χ0v) is 19.2. The molecule has 0 fully saturated rings. The molecular weight excluding hydrogens is 470 g/mol. The molecule has 4 rings (SSSR count). The number of aromatic nitrogens is 3. The third-order valence-corrected chi connectivity index (χ3v) is 5.44. The summed E-state index contributed by atoms with van der Waals surface area (Å²) in [5.41, 5.74) is 4.12. The molecule has 32 heavy (non-hydrogen) atoms. The number of rotatable bonds is 6. The van der Waals surface area contributed by atoms with Gasteiger partial charge in [-0.15, -0.1) is 5.10 Å². The number of nitrogens with zero attached hydrogens (tertiary/aromatic N) is 3. The monoisotopic (exact) mass is 489 g/mol. The summed E-state index contributed by atoms with van der Waals surface area (Å²) in [5, 5.41) is 4.44. The number of benzene rings is 3. The molecule has 0 radical (unpaired) electrons. The van der Waals surface area contributed by atoms with E-state index in [1.807, 2.05) is 62.4 Å². The van der Waals surface area contributed by atoms with Gasteiger partial charge in [-0.2, -0.15) is 0 Å². The van der Waals surface area contributed by atoms with E-state index in [9.17, 15) is 9.59 Å². The highest BCUT2D eigenvalue weighted by molar-refractivity contribution is 9.10. The summed E-state index contributed by atoms with van der Waals surface area (Å²) in [4.78, 5) is 29.4. The van der Waals surface area contributed by atoms with Gasteiger partial charge in [-0.3, -0.25) is 4.79 Å². The minimum absolute atomic E-state index is 0.107. The molecule has 4 aromatic rings. The van der Waals surface area contributed by atoms with Crippen molar-refractivity contribution in [1.29, 1.82) is 0 Å². The van der Waals surface area contributed by atoms with Crippen molar-refractivity contribution in [1.82, 2.24) is 14.8 Å². The lowest BCUT2D eigenvalue weighted by molar-refractivity contribution is 0.0462. The maximum Gasteiger partial charge on any atom is 0.378 e. The van der Waals surface area contributed by atoms with Crippen LogP contribution in [-0.4, -0.2) is 33.1 Å². The van der Waals surface area contributed by atoms with Crippen LogP contribution in [0.1, 0.15) is 32.1 Å². The molecule has 0 atom stereocenters. The van der Waals surface area contributed by atoms with Gasteiger partial charge in [0, 0.05) is 15.6 Å². The van der Waals surface area contributed by atoms with Crippen LogP contribution in [0.2, 0.25) is 0 Å². The average Bonchev–Trinajstić information content (AvgIpc) is 3.25. The molecule has 0 saturated heterocycles. The van der Waals surface area contributed by atoms with Crippen LogP contribution in [0.5, 0.6) is 0 Å². The Kier molecular flexibility index (Phi) is 6.28. The number of esters is 1. The van der Waals surface area contributed by atoms with E-state index in [1.165, 1.54) is 0 Å². The summed E-state index contributed by atoms with van der Waals surface area (Å²) in [6.07, 6.45) is 0. The fourth-order valence-corrected chi connectivity index (χ4v) is 3.47. The van der Waals surface area contributed by atoms with Crippen LogP contribution in [0.25, 0.3) is 17.1 Å². The highest BCUT2D eigenvalue weighted by Gasteiger charge is 2.22. The van der Waals surface area contributed by atoms with E-state index in [-0.39, 0.29) is 18.2 Å². The second-order valence-electron chi connectivity index (χ2n) is 7.33. The second-order valence-corrected chi connectivity index (χ2v) is 8.25. The first-order valence-corrected chi connectivity index (χ1v) is 10.8. The molecule has 0 bridgehead atoms. The maximum absolute atomic E-state index is 12.7. The molecule has 0 amide bonds. The number of ketones is 1. The van der Waals surface area contributed by atoms with E-state index >= 15 is 0 Å². The van der Waals surface area contributed by atoms with Crippen molar-refractivity contribution in [3.8, 4) is 17.1 Å². The highest BCUT2D eigenvalue weighted by Crippen LogP contribution is 2.25. The maximum atomic E-state index is 12.7. The highest BCUT2D eigenvalue weighted by atomic mass is 79.9. The number of ether oxygens (including phenoxy) is 1. The molecule has 7 heteroatoms. The molecule has 1 aromatic heterocycles. The minimum atomic E-state index is -0.753. The van der Waals surface area contributed by atoms with Gasteiger partial charge >= 0.3 is 5.97 Å². The lowest BCUT2D eigenvalue weighted by atomic mass is 10.1. The summed E-state index contributed by atoms with van der Waals surface area (Å²) >= 11 is 3.44. The van der Waals surface area contributed by atoms with Crippen LogP contribution in [0.3, 0.4) is 0 Å². The Morgan fingerprint density at radius 1 is 0.969 bits per heavy atom. The molecule has 0 aliphatic rings. The smallest absolute Gasteiger partial charge is 0.378 e. The normalized spacial score (nSPS) is 10.7.